The van der Waals surface area contributed by atoms with Crippen LogP contribution in [0.15, 0.2) is 53.1 Å². The SMILES string of the molecule is Nc1ccc(C(=O)c2c[nH]c3ccc(Br)cc23)cc1. The van der Waals surface area contributed by atoms with Gasteiger partial charge in [-0.3, -0.25) is 4.79 Å². The van der Waals surface area contributed by atoms with Crippen molar-refractivity contribution in [1.82, 2.24) is 4.98 Å². The van der Waals surface area contributed by atoms with E-state index in [0.717, 1.165) is 15.4 Å². The van der Waals surface area contributed by atoms with Gasteiger partial charge in [-0.1, -0.05) is 15.9 Å². The van der Waals surface area contributed by atoms with Crippen molar-refractivity contribution in [3.05, 3.63) is 64.3 Å². The second-order valence-electron chi connectivity index (χ2n) is 4.34. The molecule has 19 heavy (non-hydrogen) atoms. The Morgan fingerprint density at radius 3 is 2.58 bits per heavy atom. The highest BCUT2D eigenvalue weighted by Crippen LogP contribution is 2.24. The lowest BCUT2D eigenvalue weighted by atomic mass is 10.0. The van der Waals surface area contributed by atoms with Crippen LogP contribution in [0, 0.1) is 0 Å². The second kappa shape index (κ2) is 4.55. The van der Waals surface area contributed by atoms with E-state index in [1.807, 2.05) is 18.2 Å². The molecule has 3 nitrogen and oxygen atoms in total. The molecule has 0 aliphatic heterocycles. The minimum atomic E-state index is -0.00986. The average molecular weight is 315 g/mol. The van der Waals surface area contributed by atoms with Gasteiger partial charge >= 0.3 is 0 Å². The lowest BCUT2D eigenvalue weighted by Gasteiger charge is -2.01. The molecule has 3 aromatic rings. The van der Waals surface area contributed by atoms with Crippen LogP contribution in [-0.2, 0) is 0 Å². The molecule has 0 aliphatic carbocycles. The summed E-state index contributed by atoms with van der Waals surface area (Å²) in [6.07, 6.45) is 1.75. The zero-order valence-corrected chi connectivity index (χ0v) is 11.6. The summed E-state index contributed by atoms with van der Waals surface area (Å²) in [5.41, 5.74) is 8.53. The van der Waals surface area contributed by atoms with Gasteiger partial charge < -0.3 is 10.7 Å². The Morgan fingerprint density at radius 1 is 1.11 bits per heavy atom. The molecule has 2 aromatic carbocycles. The van der Waals surface area contributed by atoms with E-state index in [1.165, 1.54) is 0 Å². The fourth-order valence-electron chi connectivity index (χ4n) is 2.07. The summed E-state index contributed by atoms with van der Waals surface area (Å²) in [5, 5.41) is 0.913. The van der Waals surface area contributed by atoms with Gasteiger partial charge in [0.05, 0.1) is 0 Å². The monoisotopic (exact) mass is 314 g/mol. The molecular formula is C15H11BrN2O. The van der Waals surface area contributed by atoms with E-state index in [-0.39, 0.29) is 5.78 Å². The van der Waals surface area contributed by atoms with Gasteiger partial charge in [-0.05, 0) is 42.5 Å². The van der Waals surface area contributed by atoms with Gasteiger partial charge in [0.25, 0.3) is 0 Å². The Hall–Kier alpha value is -2.07. The minimum Gasteiger partial charge on any atom is -0.399 e. The summed E-state index contributed by atoms with van der Waals surface area (Å²) in [7, 11) is 0. The van der Waals surface area contributed by atoms with Crippen LogP contribution in [-0.4, -0.2) is 10.8 Å². The fraction of sp³-hybridized carbons (Fsp3) is 0. The number of hydrogen-bond donors (Lipinski definition) is 2. The van der Waals surface area contributed by atoms with Crippen LogP contribution in [0.25, 0.3) is 10.9 Å². The number of carbonyl (C=O) groups is 1. The summed E-state index contributed by atoms with van der Waals surface area (Å²) in [4.78, 5) is 15.6. The number of aromatic nitrogens is 1. The predicted molar refractivity (Wildman–Crippen MR) is 80.3 cm³/mol. The van der Waals surface area contributed by atoms with E-state index < -0.39 is 0 Å². The molecule has 0 bridgehead atoms. The van der Waals surface area contributed by atoms with Crippen molar-refractivity contribution < 1.29 is 4.79 Å². The molecule has 0 atom stereocenters. The third kappa shape index (κ3) is 2.15. The van der Waals surface area contributed by atoms with Gasteiger partial charge in [0, 0.05) is 38.4 Å². The molecule has 3 N–H and O–H groups in total. The Morgan fingerprint density at radius 2 is 1.84 bits per heavy atom. The molecule has 4 heteroatoms. The molecule has 0 fully saturated rings. The number of hydrogen-bond acceptors (Lipinski definition) is 2. The number of benzene rings is 2. The van der Waals surface area contributed by atoms with Gasteiger partial charge in [0.2, 0.25) is 0 Å². The van der Waals surface area contributed by atoms with Gasteiger partial charge in [-0.25, -0.2) is 0 Å². The second-order valence-corrected chi connectivity index (χ2v) is 5.26. The molecular weight excluding hydrogens is 304 g/mol. The van der Waals surface area contributed by atoms with E-state index >= 15 is 0 Å². The lowest BCUT2D eigenvalue weighted by molar-refractivity contribution is 0.104. The number of aromatic amines is 1. The Bertz CT molecular complexity index is 759. The van der Waals surface area contributed by atoms with Gasteiger partial charge in [-0.2, -0.15) is 0 Å². The zero-order chi connectivity index (χ0) is 13.4. The summed E-state index contributed by atoms with van der Waals surface area (Å²) in [5.74, 6) is -0.00986. The third-order valence-corrected chi connectivity index (χ3v) is 3.55. The molecule has 0 unspecified atom stereocenters. The minimum absolute atomic E-state index is 0.00986. The number of nitrogens with two attached hydrogens (primary N) is 1. The van der Waals surface area contributed by atoms with Crippen molar-refractivity contribution in [1.29, 1.82) is 0 Å². The Kier molecular flexibility index (Phi) is 2.87. The Balaban J connectivity index is 2.11. The molecule has 94 valence electrons. The molecule has 0 saturated carbocycles. The largest absolute Gasteiger partial charge is 0.399 e. The highest BCUT2D eigenvalue weighted by Gasteiger charge is 2.14. The topological polar surface area (TPSA) is 58.9 Å². The molecule has 0 aliphatic rings. The van der Waals surface area contributed by atoms with E-state index in [1.54, 1.807) is 30.5 Å². The molecule has 0 radical (unpaired) electrons. The van der Waals surface area contributed by atoms with Crippen LogP contribution >= 0.6 is 15.9 Å². The Labute approximate surface area is 118 Å². The standard InChI is InChI=1S/C15H11BrN2O/c16-10-3-6-14-12(7-10)13(8-18-14)15(19)9-1-4-11(17)5-2-9/h1-8,18H,17H2. The number of anilines is 1. The quantitative estimate of drug-likeness (QED) is 0.559. The van der Waals surface area contributed by atoms with Crippen molar-refractivity contribution in [2.75, 3.05) is 5.73 Å². The van der Waals surface area contributed by atoms with Crippen LogP contribution in [0.3, 0.4) is 0 Å². The maximum absolute atomic E-state index is 12.5. The van der Waals surface area contributed by atoms with E-state index in [4.69, 9.17) is 5.73 Å². The van der Waals surface area contributed by atoms with E-state index in [2.05, 4.69) is 20.9 Å². The van der Waals surface area contributed by atoms with Crippen molar-refractivity contribution in [3.8, 4) is 0 Å². The number of H-pyrrole nitrogens is 1. The first-order chi connectivity index (χ1) is 9.15. The first-order valence-corrected chi connectivity index (χ1v) is 6.61. The van der Waals surface area contributed by atoms with Crippen molar-refractivity contribution in [2.24, 2.45) is 0 Å². The molecule has 0 spiro atoms. The molecule has 0 saturated heterocycles. The zero-order valence-electron chi connectivity index (χ0n) is 9.98. The normalized spacial score (nSPS) is 10.8. The highest BCUT2D eigenvalue weighted by molar-refractivity contribution is 9.10. The summed E-state index contributed by atoms with van der Waals surface area (Å²) in [6, 6.07) is 12.8. The summed E-state index contributed by atoms with van der Waals surface area (Å²) < 4.78 is 0.950. The van der Waals surface area contributed by atoms with Crippen LogP contribution in [0.2, 0.25) is 0 Å². The lowest BCUT2D eigenvalue weighted by Crippen LogP contribution is -2.00. The maximum Gasteiger partial charge on any atom is 0.195 e. The first kappa shape index (κ1) is 12.0. The highest BCUT2D eigenvalue weighted by atomic mass is 79.9. The van der Waals surface area contributed by atoms with Gasteiger partial charge in [0.15, 0.2) is 5.78 Å². The van der Waals surface area contributed by atoms with Crippen molar-refractivity contribution >= 4 is 38.3 Å². The number of halogens is 1. The predicted octanol–water partition coefficient (Wildman–Crippen LogP) is 3.74. The summed E-state index contributed by atoms with van der Waals surface area (Å²) >= 11 is 3.42. The van der Waals surface area contributed by atoms with Crippen LogP contribution < -0.4 is 5.73 Å². The number of carbonyl (C=O) groups excluding carboxylic acids is 1. The van der Waals surface area contributed by atoms with Crippen LogP contribution in [0.5, 0.6) is 0 Å². The summed E-state index contributed by atoms with van der Waals surface area (Å²) in [6.45, 7) is 0. The number of ketones is 1. The third-order valence-electron chi connectivity index (χ3n) is 3.06. The number of nitrogens with one attached hydrogen (secondary N) is 1. The smallest absolute Gasteiger partial charge is 0.195 e. The van der Waals surface area contributed by atoms with E-state index in [9.17, 15) is 4.79 Å². The first-order valence-electron chi connectivity index (χ1n) is 5.82. The van der Waals surface area contributed by atoms with Crippen molar-refractivity contribution in [3.63, 3.8) is 0 Å². The van der Waals surface area contributed by atoms with Gasteiger partial charge in [0.1, 0.15) is 0 Å². The number of nitrogen functional groups attached to an aromatic ring is 1. The van der Waals surface area contributed by atoms with E-state index in [0.29, 0.717) is 16.8 Å². The number of rotatable bonds is 2. The molecule has 1 heterocycles. The fourth-order valence-corrected chi connectivity index (χ4v) is 2.43. The molecule has 3 rings (SSSR count). The van der Waals surface area contributed by atoms with Crippen LogP contribution in [0.4, 0.5) is 5.69 Å². The molecule has 1 aromatic heterocycles. The average Bonchev–Trinajstić information content (AvgIpc) is 2.81. The molecule has 0 amide bonds. The van der Waals surface area contributed by atoms with Gasteiger partial charge in [-0.15, -0.1) is 0 Å². The van der Waals surface area contributed by atoms with Crippen molar-refractivity contribution in [2.45, 2.75) is 0 Å². The maximum atomic E-state index is 12.5. The van der Waals surface area contributed by atoms with Crippen LogP contribution in [0.1, 0.15) is 15.9 Å². The number of fused-ring (bicyclic) bond motifs is 1.